The van der Waals surface area contributed by atoms with Gasteiger partial charge in [0.2, 0.25) is 5.88 Å². The van der Waals surface area contributed by atoms with Crippen LogP contribution in [0.25, 0.3) is 0 Å². The molecule has 1 amide bonds. The Morgan fingerprint density at radius 2 is 2.03 bits per heavy atom. The maximum Gasteiger partial charge on any atom is 0.289 e. The number of nitrogens with zero attached hydrogens (tertiary/aromatic N) is 5. The van der Waals surface area contributed by atoms with E-state index in [4.69, 9.17) is 9.47 Å². The van der Waals surface area contributed by atoms with Crippen molar-refractivity contribution in [3.05, 3.63) is 60.6 Å². The number of imidazole rings is 1. The Balaban J connectivity index is 1.50. The molecule has 0 spiro atoms. The number of ether oxygens (including phenoxy) is 2. The van der Waals surface area contributed by atoms with Crippen LogP contribution in [0.1, 0.15) is 35.1 Å². The van der Waals surface area contributed by atoms with Crippen LogP contribution in [0, 0.1) is 0 Å². The van der Waals surface area contributed by atoms with Gasteiger partial charge in [0.05, 0.1) is 19.0 Å². The van der Waals surface area contributed by atoms with Gasteiger partial charge in [-0.3, -0.25) is 9.78 Å². The van der Waals surface area contributed by atoms with E-state index in [1.54, 1.807) is 36.5 Å². The first-order chi connectivity index (χ1) is 14.2. The summed E-state index contributed by atoms with van der Waals surface area (Å²) in [7, 11) is 3.42. The van der Waals surface area contributed by atoms with E-state index >= 15 is 0 Å². The number of benzene rings is 1. The molecule has 8 heteroatoms. The van der Waals surface area contributed by atoms with Gasteiger partial charge >= 0.3 is 0 Å². The van der Waals surface area contributed by atoms with Crippen molar-refractivity contribution < 1.29 is 14.3 Å². The van der Waals surface area contributed by atoms with Gasteiger partial charge in [0.1, 0.15) is 0 Å². The fourth-order valence-corrected chi connectivity index (χ4v) is 3.54. The van der Waals surface area contributed by atoms with Crippen LogP contribution in [0.5, 0.6) is 17.4 Å². The molecule has 1 aromatic carbocycles. The van der Waals surface area contributed by atoms with Crippen molar-refractivity contribution in [2.24, 2.45) is 7.05 Å². The summed E-state index contributed by atoms with van der Waals surface area (Å²) >= 11 is 0. The number of likely N-dealkylation sites (tertiary alicyclic amines) is 1. The molecule has 0 bridgehead atoms. The summed E-state index contributed by atoms with van der Waals surface area (Å²) < 4.78 is 13.0. The molecular weight excluding hydrogens is 370 g/mol. The van der Waals surface area contributed by atoms with Crippen LogP contribution in [0.3, 0.4) is 0 Å². The number of hydrogen-bond acceptors (Lipinski definition) is 6. The standard InChI is InChI=1S/C21H23N5O3/c1-25-11-9-23-20(25)21(27)26-10-5-6-15(14-26)16-12-22-13-19(24-16)29-18-8-4-3-7-17(18)28-2/h3-4,7-9,11-13,15H,5-6,10,14H2,1-2H3. The van der Waals surface area contributed by atoms with Crippen molar-refractivity contribution in [1.82, 2.24) is 24.4 Å². The second kappa shape index (κ2) is 8.30. The summed E-state index contributed by atoms with van der Waals surface area (Å²) in [5, 5.41) is 0. The van der Waals surface area contributed by atoms with Gasteiger partial charge in [-0.2, -0.15) is 0 Å². The first-order valence-electron chi connectivity index (χ1n) is 9.55. The number of aryl methyl sites for hydroxylation is 1. The van der Waals surface area contributed by atoms with Crippen molar-refractivity contribution >= 4 is 5.91 Å². The lowest BCUT2D eigenvalue weighted by Crippen LogP contribution is -2.40. The lowest BCUT2D eigenvalue weighted by atomic mass is 9.95. The molecule has 0 saturated carbocycles. The SMILES string of the molecule is COc1ccccc1Oc1cncc(C2CCCN(C(=O)c3nccn3C)C2)n1. The molecule has 29 heavy (non-hydrogen) atoms. The minimum atomic E-state index is -0.0587. The molecule has 1 aliphatic rings. The molecule has 4 rings (SSSR count). The third kappa shape index (κ3) is 4.06. The maximum atomic E-state index is 12.8. The van der Waals surface area contributed by atoms with E-state index in [1.165, 1.54) is 0 Å². The second-order valence-electron chi connectivity index (χ2n) is 6.99. The highest BCUT2D eigenvalue weighted by Gasteiger charge is 2.28. The van der Waals surface area contributed by atoms with E-state index < -0.39 is 0 Å². The normalized spacial score (nSPS) is 16.5. The van der Waals surface area contributed by atoms with E-state index in [9.17, 15) is 4.79 Å². The maximum absolute atomic E-state index is 12.8. The number of carbonyl (C=O) groups excluding carboxylic acids is 1. The van der Waals surface area contributed by atoms with E-state index in [1.807, 2.05) is 36.2 Å². The third-order valence-corrected chi connectivity index (χ3v) is 5.05. The number of methoxy groups -OCH3 is 1. The summed E-state index contributed by atoms with van der Waals surface area (Å²) in [5.74, 6) is 2.10. The van der Waals surface area contributed by atoms with E-state index in [2.05, 4.69) is 15.0 Å². The average Bonchev–Trinajstić information content (AvgIpc) is 3.20. The van der Waals surface area contributed by atoms with Crippen LogP contribution in [-0.4, -0.2) is 50.5 Å². The van der Waals surface area contributed by atoms with Crippen molar-refractivity contribution in [1.29, 1.82) is 0 Å². The van der Waals surface area contributed by atoms with Crippen molar-refractivity contribution in [3.8, 4) is 17.4 Å². The van der Waals surface area contributed by atoms with Crippen molar-refractivity contribution in [3.63, 3.8) is 0 Å². The van der Waals surface area contributed by atoms with Gasteiger partial charge in [0.25, 0.3) is 5.91 Å². The fourth-order valence-electron chi connectivity index (χ4n) is 3.54. The zero-order chi connectivity index (χ0) is 20.2. The molecule has 1 saturated heterocycles. The first kappa shape index (κ1) is 18.9. The predicted octanol–water partition coefficient (Wildman–Crippen LogP) is 3.03. The van der Waals surface area contributed by atoms with Crippen molar-refractivity contribution in [2.45, 2.75) is 18.8 Å². The van der Waals surface area contributed by atoms with Gasteiger partial charge in [0.15, 0.2) is 17.3 Å². The molecule has 0 aliphatic carbocycles. The summed E-state index contributed by atoms with van der Waals surface area (Å²) in [6.07, 6.45) is 8.58. The number of hydrogen-bond donors (Lipinski definition) is 0. The Morgan fingerprint density at radius 3 is 2.79 bits per heavy atom. The largest absolute Gasteiger partial charge is 0.493 e. The van der Waals surface area contributed by atoms with Crippen LogP contribution in [0.2, 0.25) is 0 Å². The molecule has 1 atom stereocenters. The molecule has 1 fully saturated rings. The lowest BCUT2D eigenvalue weighted by Gasteiger charge is -2.32. The Morgan fingerprint density at radius 1 is 1.21 bits per heavy atom. The Hall–Kier alpha value is -3.42. The summed E-state index contributed by atoms with van der Waals surface area (Å²) in [6.45, 7) is 1.30. The quantitative estimate of drug-likeness (QED) is 0.663. The molecule has 8 nitrogen and oxygen atoms in total. The van der Waals surface area contributed by atoms with E-state index in [-0.39, 0.29) is 11.8 Å². The smallest absolute Gasteiger partial charge is 0.289 e. The molecule has 150 valence electrons. The number of aromatic nitrogens is 4. The molecular formula is C21H23N5O3. The first-order valence-corrected chi connectivity index (χ1v) is 9.55. The predicted molar refractivity (Wildman–Crippen MR) is 106 cm³/mol. The van der Waals surface area contributed by atoms with E-state index in [0.717, 1.165) is 18.5 Å². The molecule has 0 radical (unpaired) electrons. The van der Waals surface area contributed by atoms with Crippen LogP contribution in [0.15, 0.2) is 49.1 Å². The van der Waals surface area contributed by atoms with Crippen LogP contribution in [0.4, 0.5) is 0 Å². The molecule has 3 aromatic rings. The van der Waals surface area contributed by atoms with Gasteiger partial charge in [-0.1, -0.05) is 12.1 Å². The fraction of sp³-hybridized carbons (Fsp3) is 0.333. The highest BCUT2D eigenvalue weighted by molar-refractivity contribution is 5.90. The molecule has 0 N–H and O–H groups in total. The Labute approximate surface area is 169 Å². The number of amides is 1. The molecule has 2 aromatic heterocycles. The monoisotopic (exact) mass is 393 g/mol. The van der Waals surface area contributed by atoms with Crippen LogP contribution >= 0.6 is 0 Å². The topological polar surface area (TPSA) is 82.4 Å². The lowest BCUT2D eigenvalue weighted by molar-refractivity contribution is 0.0689. The highest BCUT2D eigenvalue weighted by Crippen LogP contribution is 2.31. The number of rotatable bonds is 5. The van der Waals surface area contributed by atoms with Crippen LogP contribution < -0.4 is 9.47 Å². The highest BCUT2D eigenvalue weighted by atomic mass is 16.5. The molecule has 1 unspecified atom stereocenters. The van der Waals surface area contributed by atoms with Gasteiger partial charge in [-0.25, -0.2) is 9.97 Å². The summed E-state index contributed by atoms with van der Waals surface area (Å²) in [5.41, 5.74) is 0.815. The average molecular weight is 393 g/mol. The van der Waals surface area contributed by atoms with Gasteiger partial charge in [-0.15, -0.1) is 0 Å². The summed E-state index contributed by atoms with van der Waals surface area (Å²) in [4.78, 5) is 27.8. The molecule has 3 heterocycles. The van der Waals surface area contributed by atoms with Gasteiger partial charge in [-0.05, 0) is 25.0 Å². The van der Waals surface area contributed by atoms with E-state index in [0.29, 0.717) is 36.3 Å². The minimum absolute atomic E-state index is 0.0587. The number of para-hydroxylation sites is 2. The summed E-state index contributed by atoms with van der Waals surface area (Å²) in [6, 6.07) is 7.40. The number of piperidine rings is 1. The minimum Gasteiger partial charge on any atom is -0.493 e. The van der Waals surface area contributed by atoms with Gasteiger partial charge < -0.3 is 18.9 Å². The van der Waals surface area contributed by atoms with Crippen LogP contribution in [-0.2, 0) is 7.05 Å². The second-order valence-corrected chi connectivity index (χ2v) is 6.99. The molecule has 1 aliphatic heterocycles. The van der Waals surface area contributed by atoms with Crippen molar-refractivity contribution in [2.75, 3.05) is 20.2 Å². The zero-order valence-corrected chi connectivity index (χ0v) is 16.5. The van der Waals surface area contributed by atoms with Gasteiger partial charge in [0, 0.05) is 44.6 Å². The zero-order valence-electron chi connectivity index (χ0n) is 16.5. The Bertz CT molecular complexity index is 1000. The number of carbonyl (C=O) groups is 1. The third-order valence-electron chi connectivity index (χ3n) is 5.05. The Kier molecular flexibility index (Phi) is 5.41.